The van der Waals surface area contributed by atoms with Gasteiger partial charge in [-0.25, -0.2) is 0 Å². The van der Waals surface area contributed by atoms with Crippen LogP contribution in [0.3, 0.4) is 0 Å². The van der Waals surface area contributed by atoms with Gasteiger partial charge < -0.3 is 9.47 Å². The molecule has 0 saturated heterocycles. The molecule has 0 aliphatic carbocycles. The standard InChI is InChI=1S/C60H40N2/c1-2-13-41(14-3-1)45-18-12-19-52(37-45)61(50-35-29-44(30-36-50)57-39-48-17-6-7-20-53(48)54-21-8-9-22-55(54)57)49-31-25-42(26-32-49)43-27-33-51(34-28-43)62-59-24-11-10-23-56(59)58-38-46-15-4-5-16-47(46)40-60(58)62/h1-40H. The van der Waals surface area contributed by atoms with Crippen molar-refractivity contribution in [2.45, 2.75) is 0 Å². The number of fused-ring (bicyclic) bond motifs is 7. The summed E-state index contributed by atoms with van der Waals surface area (Å²) in [6.45, 7) is 0. The molecule has 0 amide bonds. The third-order valence-electron chi connectivity index (χ3n) is 12.5. The number of aromatic nitrogens is 1. The molecule has 1 heterocycles. The maximum Gasteiger partial charge on any atom is 0.0547 e. The Bertz CT molecular complexity index is 3600. The molecule has 11 aromatic carbocycles. The smallest absolute Gasteiger partial charge is 0.0547 e. The van der Waals surface area contributed by atoms with Crippen molar-refractivity contribution in [3.05, 3.63) is 243 Å². The van der Waals surface area contributed by atoms with Gasteiger partial charge in [0.1, 0.15) is 0 Å². The van der Waals surface area contributed by atoms with E-state index in [2.05, 4.69) is 252 Å². The molecule has 0 radical (unpaired) electrons. The minimum Gasteiger partial charge on any atom is -0.310 e. The van der Waals surface area contributed by atoms with Crippen molar-refractivity contribution in [3.63, 3.8) is 0 Å². The Balaban J connectivity index is 0.918. The van der Waals surface area contributed by atoms with Crippen LogP contribution in [0.15, 0.2) is 243 Å². The Labute approximate surface area is 360 Å². The fourth-order valence-corrected chi connectivity index (χ4v) is 9.52. The maximum absolute atomic E-state index is 2.40. The molecule has 0 bridgehead atoms. The molecular formula is C60H40N2. The number of anilines is 3. The zero-order valence-electron chi connectivity index (χ0n) is 34.0. The summed E-state index contributed by atoms with van der Waals surface area (Å²) in [7, 11) is 0. The SMILES string of the molecule is c1ccc(-c2cccc(N(c3ccc(-c4ccc(-n5c6ccccc6c6cc7ccccc7cc65)cc4)cc3)c3ccc(-c4cc5ccccc5c5ccccc45)cc3)c2)cc1. The second-order valence-electron chi connectivity index (χ2n) is 16.2. The van der Waals surface area contributed by atoms with Gasteiger partial charge in [-0.1, -0.05) is 170 Å². The van der Waals surface area contributed by atoms with E-state index >= 15 is 0 Å². The molecule has 0 spiro atoms. The molecule has 12 aromatic rings. The zero-order valence-corrected chi connectivity index (χ0v) is 34.0. The van der Waals surface area contributed by atoms with E-state index in [1.54, 1.807) is 0 Å². The van der Waals surface area contributed by atoms with Crippen LogP contribution in [0.5, 0.6) is 0 Å². The van der Waals surface area contributed by atoms with E-state index in [1.165, 1.54) is 87.5 Å². The van der Waals surface area contributed by atoms with Gasteiger partial charge in [0.2, 0.25) is 0 Å². The van der Waals surface area contributed by atoms with Crippen LogP contribution in [0.4, 0.5) is 17.1 Å². The lowest BCUT2D eigenvalue weighted by molar-refractivity contribution is 1.18. The molecule has 2 nitrogen and oxygen atoms in total. The summed E-state index contributed by atoms with van der Waals surface area (Å²) in [4.78, 5) is 2.37. The van der Waals surface area contributed by atoms with Crippen molar-refractivity contribution < 1.29 is 0 Å². The Hall–Kier alpha value is -8.20. The average Bonchev–Trinajstić information content (AvgIpc) is 3.67. The van der Waals surface area contributed by atoms with Crippen molar-refractivity contribution in [1.29, 1.82) is 0 Å². The van der Waals surface area contributed by atoms with Gasteiger partial charge in [0, 0.05) is 33.5 Å². The largest absolute Gasteiger partial charge is 0.310 e. The van der Waals surface area contributed by atoms with E-state index < -0.39 is 0 Å². The summed E-state index contributed by atoms with van der Waals surface area (Å²) in [6.07, 6.45) is 0. The lowest BCUT2D eigenvalue weighted by Gasteiger charge is -2.26. The fraction of sp³-hybridized carbons (Fsp3) is 0. The predicted molar refractivity (Wildman–Crippen MR) is 264 cm³/mol. The highest BCUT2D eigenvalue weighted by Crippen LogP contribution is 2.41. The quantitative estimate of drug-likeness (QED) is 0.146. The lowest BCUT2D eigenvalue weighted by Crippen LogP contribution is -2.10. The third kappa shape index (κ3) is 6.12. The van der Waals surface area contributed by atoms with Crippen LogP contribution in [0.2, 0.25) is 0 Å². The number of benzene rings is 11. The predicted octanol–water partition coefficient (Wildman–Crippen LogP) is 16.7. The Morgan fingerprint density at radius 3 is 1.52 bits per heavy atom. The van der Waals surface area contributed by atoms with Gasteiger partial charge in [0.15, 0.2) is 0 Å². The average molecular weight is 789 g/mol. The number of nitrogens with zero attached hydrogens (tertiary/aromatic N) is 2. The van der Waals surface area contributed by atoms with Gasteiger partial charge in [-0.2, -0.15) is 0 Å². The third-order valence-corrected chi connectivity index (χ3v) is 12.5. The van der Waals surface area contributed by atoms with E-state index in [0.29, 0.717) is 0 Å². The molecule has 0 aliphatic heterocycles. The molecule has 0 N–H and O–H groups in total. The Morgan fingerprint density at radius 2 is 0.790 bits per heavy atom. The Morgan fingerprint density at radius 1 is 0.258 bits per heavy atom. The molecule has 0 atom stereocenters. The first-order valence-corrected chi connectivity index (χ1v) is 21.3. The topological polar surface area (TPSA) is 8.17 Å². The molecule has 290 valence electrons. The van der Waals surface area contributed by atoms with E-state index in [4.69, 9.17) is 0 Å². The second kappa shape index (κ2) is 14.8. The molecule has 2 heteroatoms. The van der Waals surface area contributed by atoms with Crippen LogP contribution < -0.4 is 4.90 Å². The molecule has 12 rings (SSSR count). The highest BCUT2D eigenvalue weighted by atomic mass is 15.1. The van der Waals surface area contributed by atoms with Gasteiger partial charge in [0.05, 0.1) is 11.0 Å². The summed E-state index contributed by atoms with van der Waals surface area (Å²) in [5.41, 5.74) is 14.0. The van der Waals surface area contributed by atoms with Gasteiger partial charge in [-0.05, 0) is 138 Å². The van der Waals surface area contributed by atoms with E-state index in [-0.39, 0.29) is 0 Å². The minimum atomic E-state index is 1.09. The summed E-state index contributed by atoms with van der Waals surface area (Å²) in [5, 5.41) is 10.1. The van der Waals surface area contributed by atoms with Crippen LogP contribution in [0, 0.1) is 0 Å². The molecule has 1 aromatic heterocycles. The van der Waals surface area contributed by atoms with Crippen molar-refractivity contribution >= 4 is 71.2 Å². The molecule has 0 unspecified atom stereocenters. The Kier molecular flexibility index (Phi) is 8.53. The molecule has 0 fully saturated rings. The first kappa shape index (κ1) is 35.7. The van der Waals surface area contributed by atoms with Crippen LogP contribution in [-0.2, 0) is 0 Å². The summed E-state index contributed by atoms with van der Waals surface area (Å²) in [6, 6.07) is 88.4. The van der Waals surface area contributed by atoms with E-state index in [0.717, 1.165) is 22.7 Å². The molecule has 62 heavy (non-hydrogen) atoms. The van der Waals surface area contributed by atoms with Crippen LogP contribution >= 0.6 is 0 Å². The van der Waals surface area contributed by atoms with Crippen molar-refractivity contribution in [2.24, 2.45) is 0 Å². The normalized spacial score (nSPS) is 11.5. The van der Waals surface area contributed by atoms with Crippen LogP contribution in [-0.4, -0.2) is 4.57 Å². The zero-order chi connectivity index (χ0) is 41.0. The molecular weight excluding hydrogens is 749 g/mol. The first-order chi connectivity index (χ1) is 30.7. The van der Waals surface area contributed by atoms with Crippen molar-refractivity contribution in [3.8, 4) is 39.1 Å². The number of hydrogen-bond donors (Lipinski definition) is 0. The number of rotatable bonds is 7. The minimum absolute atomic E-state index is 1.09. The monoisotopic (exact) mass is 788 g/mol. The highest BCUT2D eigenvalue weighted by Gasteiger charge is 2.17. The second-order valence-corrected chi connectivity index (χ2v) is 16.2. The number of para-hydroxylation sites is 1. The van der Waals surface area contributed by atoms with Gasteiger partial charge in [-0.3, -0.25) is 0 Å². The summed E-state index contributed by atoms with van der Waals surface area (Å²) in [5.74, 6) is 0. The first-order valence-electron chi connectivity index (χ1n) is 21.3. The highest BCUT2D eigenvalue weighted by molar-refractivity contribution is 6.15. The molecule has 0 saturated carbocycles. The van der Waals surface area contributed by atoms with Crippen LogP contribution in [0.25, 0.3) is 93.2 Å². The van der Waals surface area contributed by atoms with Crippen molar-refractivity contribution in [2.75, 3.05) is 4.90 Å². The summed E-state index contributed by atoms with van der Waals surface area (Å²) < 4.78 is 2.40. The molecule has 0 aliphatic rings. The maximum atomic E-state index is 2.40. The summed E-state index contributed by atoms with van der Waals surface area (Å²) >= 11 is 0. The van der Waals surface area contributed by atoms with Gasteiger partial charge >= 0.3 is 0 Å². The van der Waals surface area contributed by atoms with E-state index in [1.807, 2.05) is 0 Å². The fourth-order valence-electron chi connectivity index (χ4n) is 9.52. The van der Waals surface area contributed by atoms with Crippen molar-refractivity contribution in [1.82, 2.24) is 4.57 Å². The van der Waals surface area contributed by atoms with Gasteiger partial charge in [-0.15, -0.1) is 0 Å². The van der Waals surface area contributed by atoms with Crippen LogP contribution in [0.1, 0.15) is 0 Å². The number of hydrogen-bond acceptors (Lipinski definition) is 1. The lowest BCUT2D eigenvalue weighted by atomic mass is 9.93. The van der Waals surface area contributed by atoms with Gasteiger partial charge in [0.25, 0.3) is 0 Å². The van der Waals surface area contributed by atoms with E-state index in [9.17, 15) is 0 Å².